The monoisotopic (exact) mass is 280 g/mol. The van der Waals surface area contributed by atoms with Crippen molar-refractivity contribution in [3.05, 3.63) is 0 Å². The van der Waals surface area contributed by atoms with Crippen LogP contribution in [0.2, 0.25) is 0 Å². The van der Waals surface area contributed by atoms with Gasteiger partial charge in [-0.25, -0.2) is 0 Å². The van der Waals surface area contributed by atoms with Crippen LogP contribution in [0.5, 0.6) is 0 Å². The summed E-state index contributed by atoms with van der Waals surface area (Å²) in [5.74, 6) is 0.875. The van der Waals surface area contributed by atoms with Gasteiger partial charge in [0.2, 0.25) is 11.8 Å². The molecule has 1 saturated heterocycles. The Hall–Kier alpha value is -1.06. The Kier molecular flexibility index (Phi) is 4.40. The Morgan fingerprint density at radius 1 is 1.30 bits per heavy atom. The smallest absolute Gasteiger partial charge is 0.248 e. The maximum Gasteiger partial charge on any atom is 0.248 e. The molecule has 1 heterocycles. The van der Waals surface area contributed by atoms with Crippen molar-refractivity contribution in [2.45, 2.75) is 71.4 Å². The maximum atomic E-state index is 12.7. The van der Waals surface area contributed by atoms with E-state index in [-0.39, 0.29) is 23.8 Å². The number of carbonyl (C=O) groups excluding carboxylic acids is 2. The molecule has 4 nitrogen and oxygen atoms in total. The molecule has 0 aromatic rings. The van der Waals surface area contributed by atoms with Gasteiger partial charge >= 0.3 is 0 Å². The predicted octanol–water partition coefficient (Wildman–Crippen LogP) is 2.33. The third-order valence-electron chi connectivity index (χ3n) is 4.95. The topological polar surface area (TPSA) is 49.4 Å². The lowest BCUT2D eigenvalue weighted by Crippen LogP contribution is -2.69. The third-order valence-corrected chi connectivity index (χ3v) is 4.95. The summed E-state index contributed by atoms with van der Waals surface area (Å²) in [4.78, 5) is 27.0. The van der Waals surface area contributed by atoms with E-state index in [9.17, 15) is 9.59 Å². The van der Waals surface area contributed by atoms with Crippen LogP contribution in [0, 0.1) is 11.8 Å². The van der Waals surface area contributed by atoms with Crippen LogP contribution in [-0.2, 0) is 9.59 Å². The van der Waals surface area contributed by atoms with Crippen molar-refractivity contribution in [1.82, 2.24) is 10.2 Å². The van der Waals surface area contributed by atoms with E-state index in [4.69, 9.17) is 0 Å². The van der Waals surface area contributed by atoms with Gasteiger partial charge in [-0.1, -0.05) is 33.1 Å². The van der Waals surface area contributed by atoms with Crippen LogP contribution in [0.15, 0.2) is 0 Å². The number of hydrogen-bond acceptors (Lipinski definition) is 2. The fourth-order valence-corrected chi connectivity index (χ4v) is 3.52. The molecule has 2 fully saturated rings. The second kappa shape index (κ2) is 5.74. The van der Waals surface area contributed by atoms with E-state index in [0.29, 0.717) is 5.92 Å². The van der Waals surface area contributed by atoms with Gasteiger partial charge in [0.05, 0.1) is 0 Å². The highest BCUT2D eigenvalue weighted by atomic mass is 16.2. The molecule has 1 saturated carbocycles. The minimum absolute atomic E-state index is 0.0157. The Morgan fingerprint density at radius 2 is 1.90 bits per heavy atom. The van der Waals surface area contributed by atoms with Gasteiger partial charge < -0.3 is 10.2 Å². The van der Waals surface area contributed by atoms with E-state index in [1.54, 1.807) is 0 Å². The molecule has 0 radical (unpaired) electrons. The summed E-state index contributed by atoms with van der Waals surface area (Å²) in [5, 5.41) is 2.90. The first-order valence-electron chi connectivity index (χ1n) is 8.00. The highest BCUT2D eigenvalue weighted by Crippen LogP contribution is 2.30. The minimum Gasteiger partial charge on any atom is -0.340 e. The molecule has 1 aliphatic carbocycles. The molecular formula is C16H28N2O2. The van der Waals surface area contributed by atoms with Gasteiger partial charge in [-0.2, -0.15) is 0 Å². The van der Waals surface area contributed by atoms with Crippen LogP contribution >= 0.6 is 0 Å². The molecule has 1 N–H and O–H groups in total. The summed E-state index contributed by atoms with van der Waals surface area (Å²) in [7, 11) is 0. The van der Waals surface area contributed by atoms with Crippen molar-refractivity contribution in [3.63, 3.8) is 0 Å². The molecule has 2 aliphatic rings. The normalized spacial score (nSPS) is 28.6. The molecule has 20 heavy (non-hydrogen) atoms. The van der Waals surface area contributed by atoms with Crippen molar-refractivity contribution in [2.75, 3.05) is 6.54 Å². The van der Waals surface area contributed by atoms with Gasteiger partial charge in [0.25, 0.3) is 0 Å². The van der Waals surface area contributed by atoms with Crippen molar-refractivity contribution in [1.29, 1.82) is 0 Å². The first-order chi connectivity index (χ1) is 9.36. The molecule has 2 unspecified atom stereocenters. The van der Waals surface area contributed by atoms with Crippen molar-refractivity contribution >= 4 is 11.8 Å². The lowest BCUT2D eigenvalue weighted by atomic mass is 9.88. The molecule has 0 aromatic carbocycles. The van der Waals surface area contributed by atoms with Crippen LogP contribution in [0.25, 0.3) is 0 Å². The van der Waals surface area contributed by atoms with Gasteiger partial charge in [-0.3, -0.25) is 9.59 Å². The average Bonchev–Trinajstić information content (AvgIpc) is 2.87. The van der Waals surface area contributed by atoms with E-state index >= 15 is 0 Å². The minimum atomic E-state index is -0.764. The number of amides is 2. The molecule has 2 atom stereocenters. The molecular weight excluding hydrogens is 252 g/mol. The first-order valence-corrected chi connectivity index (χ1v) is 8.00. The zero-order valence-corrected chi connectivity index (χ0v) is 13.2. The van der Waals surface area contributed by atoms with Gasteiger partial charge in [-0.15, -0.1) is 0 Å². The molecule has 114 valence electrons. The Labute approximate surface area is 122 Å². The van der Waals surface area contributed by atoms with Crippen LogP contribution in [0.3, 0.4) is 0 Å². The Morgan fingerprint density at radius 3 is 2.45 bits per heavy atom. The maximum absolute atomic E-state index is 12.7. The molecule has 0 bridgehead atoms. The van der Waals surface area contributed by atoms with Crippen LogP contribution in [-0.4, -0.2) is 34.8 Å². The van der Waals surface area contributed by atoms with Gasteiger partial charge in [0.1, 0.15) is 11.6 Å². The summed E-state index contributed by atoms with van der Waals surface area (Å²) in [6.07, 6.45) is 5.82. The van der Waals surface area contributed by atoms with E-state index in [1.165, 1.54) is 25.7 Å². The first kappa shape index (κ1) is 15.3. The zero-order valence-electron chi connectivity index (χ0n) is 13.2. The SMILES string of the molecule is CCC(C)C1C(=O)NC(C)(C)C(=O)N1CC1CCCC1. The van der Waals surface area contributed by atoms with Crippen molar-refractivity contribution in [3.8, 4) is 0 Å². The third kappa shape index (κ3) is 2.84. The van der Waals surface area contributed by atoms with E-state index in [1.807, 2.05) is 18.7 Å². The fraction of sp³-hybridized carbons (Fsp3) is 0.875. The summed E-state index contributed by atoms with van der Waals surface area (Å²) in [5.41, 5.74) is -0.764. The Balaban J connectivity index is 2.22. The second-order valence-electron chi connectivity index (χ2n) is 7.05. The van der Waals surface area contributed by atoms with Gasteiger partial charge in [0.15, 0.2) is 0 Å². The number of piperazine rings is 1. The lowest BCUT2D eigenvalue weighted by Gasteiger charge is -2.45. The van der Waals surface area contributed by atoms with E-state index in [2.05, 4.69) is 19.2 Å². The number of carbonyl (C=O) groups is 2. The van der Waals surface area contributed by atoms with Crippen molar-refractivity contribution in [2.24, 2.45) is 11.8 Å². The molecule has 0 aromatic heterocycles. The standard InChI is InChI=1S/C16H28N2O2/c1-5-11(2)13-14(19)17-16(3,4)15(20)18(13)10-12-8-6-7-9-12/h11-13H,5-10H2,1-4H3,(H,17,19). The summed E-state index contributed by atoms with van der Waals surface area (Å²) < 4.78 is 0. The van der Waals surface area contributed by atoms with Gasteiger partial charge in [-0.05, 0) is 38.5 Å². The average molecular weight is 280 g/mol. The molecule has 2 rings (SSSR count). The fourth-order valence-electron chi connectivity index (χ4n) is 3.52. The lowest BCUT2D eigenvalue weighted by molar-refractivity contribution is -0.156. The highest BCUT2D eigenvalue weighted by molar-refractivity contribution is 5.99. The van der Waals surface area contributed by atoms with Gasteiger partial charge in [0, 0.05) is 6.54 Å². The quantitative estimate of drug-likeness (QED) is 0.859. The molecule has 0 spiro atoms. The number of nitrogens with zero attached hydrogens (tertiary/aromatic N) is 1. The summed E-state index contributed by atoms with van der Waals surface area (Å²) in [6, 6.07) is -0.291. The van der Waals surface area contributed by atoms with Crippen LogP contribution in [0.4, 0.5) is 0 Å². The molecule has 2 amide bonds. The van der Waals surface area contributed by atoms with Crippen LogP contribution in [0.1, 0.15) is 59.8 Å². The summed E-state index contributed by atoms with van der Waals surface area (Å²) in [6.45, 7) is 8.52. The van der Waals surface area contributed by atoms with Crippen molar-refractivity contribution < 1.29 is 9.59 Å². The largest absolute Gasteiger partial charge is 0.340 e. The van der Waals surface area contributed by atoms with E-state index in [0.717, 1.165) is 13.0 Å². The second-order valence-corrected chi connectivity index (χ2v) is 7.05. The number of hydrogen-bond donors (Lipinski definition) is 1. The molecule has 1 aliphatic heterocycles. The predicted molar refractivity (Wildman–Crippen MR) is 79.1 cm³/mol. The highest BCUT2D eigenvalue weighted by Gasteiger charge is 2.47. The zero-order chi connectivity index (χ0) is 14.9. The molecule has 4 heteroatoms. The van der Waals surface area contributed by atoms with Crippen LogP contribution < -0.4 is 5.32 Å². The number of rotatable bonds is 4. The van der Waals surface area contributed by atoms with E-state index < -0.39 is 5.54 Å². The Bertz CT molecular complexity index is 386. The number of nitrogens with one attached hydrogen (secondary N) is 1. The summed E-state index contributed by atoms with van der Waals surface area (Å²) >= 11 is 0.